The molecule has 1 aromatic carbocycles. The van der Waals surface area contributed by atoms with E-state index in [0.29, 0.717) is 5.75 Å². The summed E-state index contributed by atoms with van der Waals surface area (Å²) in [6.07, 6.45) is -2.46. The standard InChI is InChI=1S/C22H26O9/c1-29-13-8-5-12(6-9-13)7-10-15(25)18-14(24)3-2-4-16(18)30-22-21(28)20(27)19(26)17(11-23)31-22/h2,4-10,16-23,26-28H,3,11H2,1H3/t16?,17-,18?,19-,20+,21-,22-/m1/s1. The van der Waals surface area contributed by atoms with Crippen LogP contribution < -0.4 is 4.74 Å². The Hall–Kier alpha value is -2.40. The molecule has 0 saturated carbocycles. The number of aliphatic hydroxyl groups is 4. The van der Waals surface area contributed by atoms with E-state index in [2.05, 4.69) is 0 Å². The lowest BCUT2D eigenvalue weighted by Gasteiger charge is -2.41. The second-order valence-corrected chi connectivity index (χ2v) is 7.38. The highest BCUT2D eigenvalue weighted by Gasteiger charge is 2.46. The van der Waals surface area contributed by atoms with Crippen LogP contribution in [-0.4, -0.2) is 82.5 Å². The van der Waals surface area contributed by atoms with Gasteiger partial charge in [-0.2, -0.15) is 0 Å². The van der Waals surface area contributed by atoms with Gasteiger partial charge in [0.15, 0.2) is 12.1 Å². The average Bonchev–Trinajstić information content (AvgIpc) is 2.78. The summed E-state index contributed by atoms with van der Waals surface area (Å²) in [5, 5.41) is 39.3. The number of ketones is 2. The van der Waals surface area contributed by atoms with Crippen LogP contribution in [0.3, 0.4) is 0 Å². The number of Topliss-reactive ketones (excluding diaryl/α,β-unsaturated/α-hetero) is 1. The zero-order chi connectivity index (χ0) is 22.5. The number of allylic oxidation sites excluding steroid dienone is 2. The molecule has 168 valence electrons. The smallest absolute Gasteiger partial charge is 0.187 e. The summed E-state index contributed by atoms with van der Waals surface area (Å²) in [6, 6.07) is 6.99. The molecule has 1 fully saturated rings. The van der Waals surface area contributed by atoms with E-state index in [0.717, 1.165) is 5.56 Å². The topological polar surface area (TPSA) is 143 Å². The summed E-state index contributed by atoms with van der Waals surface area (Å²) in [5.41, 5.74) is 0.736. The number of hydrogen-bond donors (Lipinski definition) is 4. The Morgan fingerprint density at radius 3 is 2.52 bits per heavy atom. The van der Waals surface area contributed by atoms with Gasteiger partial charge in [-0.15, -0.1) is 0 Å². The fourth-order valence-electron chi connectivity index (χ4n) is 3.52. The summed E-state index contributed by atoms with van der Waals surface area (Å²) in [7, 11) is 1.55. The lowest BCUT2D eigenvalue weighted by atomic mass is 9.86. The van der Waals surface area contributed by atoms with Crippen molar-refractivity contribution in [2.24, 2.45) is 5.92 Å². The Morgan fingerprint density at radius 2 is 1.87 bits per heavy atom. The van der Waals surface area contributed by atoms with Crippen molar-refractivity contribution in [3.8, 4) is 5.75 Å². The predicted molar refractivity (Wildman–Crippen MR) is 108 cm³/mol. The molecule has 0 spiro atoms. The molecule has 0 amide bonds. The van der Waals surface area contributed by atoms with Gasteiger partial charge in [-0.1, -0.05) is 30.4 Å². The van der Waals surface area contributed by atoms with Gasteiger partial charge < -0.3 is 34.6 Å². The third-order valence-corrected chi connectivity index (χ3v) is 5.32. The molecule has 7 atom stereocenters. The van der Waals surface area contributed by atoms with Gasteiger partial charge >= 0.3 is 0 Å². The molecule has 2 unspecified atom stereocenters. The van der Waals surface area contributed by atoms with Crippen molar-refractivity contribution in [2.75, 3.05) is 13.7 Å². The number of ether oxygens (including phenoxy) is 3. The minimum Gasteiger partial charge on any atom is -0.497 e. The summed E-state index contributed by atoms with van der Waals surface area (Å²) in [4.78, 5) is 25.3. The number of hydrogen-bond acceptors (Lipinski definition) is 9. The fourth-order valence-corrected chi connectivity index (χ4v) is 3.52. The molecule has 0 aromatic heterocycles. The van der Waals surface area contributed by atoms with E-state index >= 15 is 0 Å². The van der Waals surface area contributed by atoms with E-state index in [-0.39, 0.29) is 12.2 Å². The van der Waals surface area contributed by atoms with Crippen LogP contribution in [0.2, 0.25) is 0 Å². The molecule has 31 heavy (non-hydrogen) atoms. The van der Waals surface area contributed by atoms with Gasteiger partial charge in [0.2, 0.25) is 0 Å². The van der Waals surface area contributed by atoms with Crippen LogP contribution in [0, 0.1) is 5.92 Å². The monoisotopic (exact) mass is 434 g/mol. The predicted octanol–water partition coefficient (Wildman–Crippen LogP) is -0.392. The minimum absolute atomic E-state index is 0.0569. The number of carbonyl (C=O) groups excluding carboxylic acids is 2. The number of benzene rings is 1. The zero-order valence-corrected chi connectivity index (χ0v) is 16.9. The average molecular weight is 434 g/mol. The molecular formula is C22H26O9. The molecule has 9 heteroatoms. The second kappa shape index (κ2) is 10.3. The molecule has 3 rings (SSSR count). The first-order valence-electron chi connectivity index (χ1n) is 9.87. The third kappa shape index (κ3) is 5.27. The first-order chi connectivity index (χ1) is 14.8. The van der Waals surface area contributed by atoms with Crippen molar-refractivity contribution >= 4 is 17.6 Å². The molecule has 0 radical (unpaired) electrons. The van der Waals surface area contributed by atoms with E-state index in [1.165, 1.54) is 12.2 Å². The largest absolute Gasteiger partial charge is 0.497 e. The van der Waals surface area contributed by atoms with E-state index in [4.69, 9.17) is 14.2 Å². The summed E-state index contributed by atoms with van der Waals surface area (Å²) >= 11 is 0. The highest BCUT2D eigenvalue weighted by Crippen LogP contribution is 2.28. The molecule has 1 saturated heterocycles. The van der Waals surface area contributed by atoms with Crippen LogP contribution in [0.4, 0.5) is 0 Å². The lowest BCUT2D eigenvalue weighted by Crippen LogP contribution is -2.60. The van der Waals surface area contributed by atoms with E-state index < -0.39 is 55.1 Å². The van der Waals surface area contributed by atoms with Gasteiger partial charge in [0.05, 0.1) is 19.8 Å². The van der Waals surface area contributed by atoms with Gasteiger partial charge in [-0.3, -0.25) is 9.59 Å². The first-order valence-corrected chi connectivity index (χ1v) is 9.87. The van der Waals surface area contributed by atoms with Crippen LogP contribution >= 0.6 is 0 Å². The minimum atomic E-state index is -1.63. The highest BCUT2D eigenvalue weighted by atomic mass is 16.7. The fraction of sp³-hybridized carbons (Fsp3) is 0.455. The van der Waals surface area contributed by atoms with Crippen LogP contribution in [0.25, 0.3) is 6.08 Å². The van der Waals surface area contributed by atoms with E-state index in [1.54, 1.807) is 43.5 Å². The number of aliphatic hydroxyl groups excluding tert-OH is 4. The molecule has 1 aromatic rings. The molecule has 1 heterocycles. The van der Waals surface area contributed by atoms with Gasteiger partial charge in [0.25, 0.3) is 0 Å². The Morgan fingerprint density at radius 1 is 1.16 bits per heavy atom. The van der Waals surface area contributed by atoms with Gasteiger partial charge in [-0.05, 0) is 23.8 Å². The lowest BCUT2D eigenvalue weighted by molar-refractivity contribution is -0.309. The molecule has 4 N–H and O–H groups in total. The second-order valence-electron chi connectivity index (χ2n) is 7.38. The van der Waals surface area contributed by atoms with E-state index in [9.17, 15) is 30.0 Å². The molecule has 1 aliphatic carbocycles. The Balaban J connectivity index is 1.73. The molecule has 0 bridgehead atoms. The zero-order valence-electron chi connectivity index (χ0n) is 16.9. The normalized spacial score (nSPS) is 33.6. The third-order valence-electron chi connectivity index (χ3n) is 5.32. The van der Waals surface area contributed by atoms with Gasteiger partial charge in [0.1, 0.15) is 41.9 Å². The van der Waals surface area contributed by atoms with Crippen molar-refractivity contribution in [1.29, 1.82) is 0 Å². The molecular weight excluding hydrogens is 408 g/mol. The Labute approximate surface area is 179 Å². The first kappa shape index (κ1) is 23.3. The Bertz CT molecular complexity index is 830. The maximum absolute atomic E-state index is 12.8. The van der Waals surface area contributed by atoms with Crippen molar-refractivity contribution in [3.63, 3.8) is 0 Å². The highest BCUT2D eigenvalue weighted by molar-refractivity contribution is 6.10. The van der Waals surface area contributed by atoms with Crippen molar-refractivity contribution in [3.05, 3.63) is 48.1 Å². The maximum atomic E-state index is 12.8. The van der Waals surface area contributed by atoms with Gasteiger partial charge in [-0.25, -0.2) is 0 Å². The summed E-state index contributed by atoms with van der Waals surface area (Å²) in [6.45, 7) is -0.614. The summed E-state index contributed by atoms with van der Waals surface area (Å²) < 4.78 is 16.1. The number of rotatable bonds is 7. The number of carbonyl (C=O) groups is 2. The van der Waals surface area contributed by atoms with Crippen molar-refractivity contribution < 1.29 is 44.2 Å². The van der Waals surface area contributed by atoms with Crippen LogP contribution in [0.15, 0.2) is 42.5 Å². The number of methoxy groups -OCH3 is 1. The van der Waals surface area contributed by atoms with Gasteiger partial charge in [0, 0.05) is 6.42 Å². The molecule has 2 aliphatic rings. The molecule has 1 aliphatic heterocycles. The summed E-state index contributed by atoms with van der Waals surface area (Å²) in [5.74, 6) is -1.34. The van der Waals surface area contributed by atoms with Crippen LogP contribution in [-0.2, 0) is 19.1 Å². The van der Waals surface area contributed by atoms with Crippen LogP contribution in [0.1, 0.15) is 12.0 Å². The quantitative estimate of drug-likeness (QED) is 0.256. The van der Waals surface area contributed by atoms with E-state index in [1.807, 2.05) is 0 Å². The molecule has 9 nitrogen and oxygen atoms in total. The van der Waals surface area contributed by atoms with Crippen molar-refractivity contribution in [1.82, 2.24) is 0 Å². The van der Waals surface area contributed by atoms with Crippen LogP contribution in [0.5, 0.6) is 5.75 Å². The van der Waals surface area contributed by atoms with Crippen molar-refractivity contribution in [2.45, 2.75) is 43.2 Å². The maximum Gasteiger partial charge on any atom is 0.187 e. The Kier molecular flexibility index (Phi) is 7.71. The SMILES string of the molecule is COc1ccc(C=CC(=O)C2C(=O)CC=CC2O[C@@H]2O[C@H](CO)[C@@H](O)[C@H](O)[C@H]2O)cc1.